The summed E-state index contributed by atoms with van der Waals surface area (Å²) >= 11 is 12.6. The van der Waals surface area contributed by atoms with E-state index in [4.69, 9.17) is 32.7 Å². The van der Waals surface area contributed by atoms with Crippen molar-refractivity contribution in [3.63, 3.8) is 0 Å². The fraction of sp³-hybridized carbons (Fsp3) is 0.250. The fourth-order valence-corrected chi connectivity index (χ4v) is 3.56. The number of ether oxygens (including phenoxy) is 2. The zero-order valence-electron chi connectivity index (χ0n) is 16.9. The van der Waals surface area contributed by atoms with Gasteiger partial charge in [-0.3, -0.25) is 0 Å². The molecule has 30 heavy (non-hydrogen) atoms. The van der Waals surface area contributed by atoms with E-state index in [2.05, 4.69) is 24.4 Å². The molecule has 0 aliphatic carbocycles. The summed E-state index contributed by atoms with van der Waals surface area (Å²) in [6.07, 6.45) is 0. The van der Waals surface area contributed by atoms with E-state index in [0.717, 1.165) is 5.56 Å². The van der Waals surface area contributed by atoms with Gasteiger partial charge in [0.25, 0.3) is 0 Å². The van der Waals surface area contributed by atoms with Crippen molar-refractivity contribution in [3.8, 4) is 11.5 Å². The van der Waals surface area contributed by atoms with E-state index in [1.54, 1.807) is 6.07 Å². The molecule has 0 saturated carbocycles. The van der Waals surface area contributed by atoms with Crippen LogP contribution < -0.4 is 14.8 Å². The highest BCUT2D eigenvalue weighted by Gasteiger charge is 2.15. The van der Waals surface area contributed by atoms with E-state index in [0.29, 0.717) is 40.3 Å². The number of hydrogen-bond donors (Lipinski definition) is 1. The Bertz CT molecular complexity index is 982. The average molecular weight is 448 g/mol. The van der Waals surface area contributed by atoms with Crippen LogP contribution in [0.25, 0.3) is 0 Å². The topological polar surface area (TPSA) is 30.5 Å². The highest BCUT2D eigenvalue weighted by Crippen LogP contribution is 2.37. The third-order valence-electron chi connectivity index (χ3n) is 4.67. The molecule has 0 aromatic heterocycles. The summed E-state index contributed by atoms with van der Waals surface area (Å²) in [6.45, 7) is 5.27. The molecule has 6 heteroatoms. The molecule has 0 unspecified atom stereocenters. The monoisotopic (exact) mass is 447 g/mol. The van der Waals surface area contributed by atoms with Crippen molar-refractivity contribution in [1.29, 1.82) is 0 Å². The van der Waals surface area contributed by atoms with Gasteiger partial charge in [-0.2, -0.15) is 0 Å². The lowest BCUT2D eigenvalue weighted by Gasteiger charge is -2.18. The molecule has 0 bridgehead atoms. The Labute approximate surface area is 186 Å². The normalized spacial score (nSPS) is 11.9. The Morgan fingerprint density at radius 2 is 1.73 bits per heavy atom. The van der Waals surface area contributed by atoms with Crippen LogP contribution in [-0.4, -0.2) is 6.61 Å². The van der Waals surface area contributed by atoms with Crippen molar-refractivity contribution in [2.24, 2.45) is 0 Å². The van der Waals surface area contributed by atoms with Gasteiger partial charge in [-0.1, -0.05) is 59.6 Å². The van der Waals surface area contributed by atoms with E-state index in [1.807, 2.05) is 37.3 Å². The van der Waals surface area contributed by atoms with Crippen molar-refractivity contribution in [2.75, 3.05) is 6.61 Å². The van der Waals surface area contributed by atoms with E-state index < -0.39 is 5.82 Å². The second kappa shape index (κ2) is 10.7. The summed E-state index contributed by atoms with van der Waals surface area (Å²) in [5, 5.41) is 4.25. The van der Waals surface area contributed by atoms with E-state index in [-0.39, 0.29) is 12.6 Å². The predicted octanol–water partition coefficient (Wildman–Crippen LogP) is 6.96. The molecule has 3 aromatic carbocycles. The summed E-state index contributed by atoms with van der Waals surface area (Å²) in [7, 11) is 0. The Hall–Kier alpha value is -2.27. The molecule has 0 saturated heterocycles. The Balaban J connectivity index is 1.73. The molecule has 1 atom stereocenters. The average Bonchev–Trinajstić information content (AvgIpc) is 2.73. The lowest BCUT2D eigenvalue weighted by molar-refractivity contribution is 0.269. The van der Waals surface area contributed by atoms with Gasteiger partial charge in [0.15, 0.2) is 11.5 Å². The maximum atomic E-state index is 13.2. The highest BCUT2D eigenvalue weighted by atomic mass is 35.5. The van der Waals surface area contributed by atoms with Gasteiger partial charge < -0.3 is 14.8 Å². The predicted molar refractivity (Wildman–Crippen MR) is 120 cm³/mol. The van der Waals surface area contributed by atoms with Crippen molar-refractivity contribution < 1.29 is 13.9 Å². The van der Waals surface area contributed by atoms with Gasteiger partial charge in [0.1, 0.15) is 12.4 Å². The molecular weight excluding hydrogens is 424 g/mol. The van der Waals surface area contributed by atoms with Crippen LogP contribution in [0.2, 0.25) is 10.0 Å². The minimum Gasteiger partial charge on any atom is -0.490 e. The third kappa shape index (κ3) is 5.88. The van der Waals surface area contributed by atoms with Gasteiger partial charge in [-0.05, 0) is 49.2 Å². The Kier molecular flexibility index (Phi) is 7.97. The lowest BCUT2D eigenvalue weighted by atomic mass is 10.1. The van der Waals surface area contributed by atoms with Crippen LogP contribution in [0.15, 0.2) is 60.7 Å². The van der Waals surface area contributed by atoms with Gasteiger partial charge in [-0.15, -0.1) is 0 Å². The molecular formula is C24H24Cl2FNO2. The van der Waals surface area contributed by atoms with Crippen LogP contribution in [-0.2, 0) is 13.2 Å². The molecule has 3 nitrogen and oxygen atoms in total. The first kappa shape index (κ1) is 22.4. The summed E-state index contributed by atoms with van der Waals surface area (Å²) < 4.78 is 24.9. The molecule has 3 aromatic rings. The fourth-order valence-electron chi connectivity index (χ4n) is 3.05. The van der Waals surface area contributed by atoms with Gasteiger partial charge >= 0.3 is 0 Å². The number of rotatable bonds is 9. The maximum absolute atomic E-state index is 13.2. The van der Waals surface area contributed by atoms with Crippen LogP contribution in [0.5, 0.6) is 11.5 Å². The second-order valence-corrected chi connectivity index (χ2v) is 7.69. The van der Waals surface area contributed by atoms with Crippen LogP contribution in [0.3, 0.4) is 0 Å². The van der Waals surface area contributed by atoms with Crippen molar-refractivity contribution in [3.05, 3.63) is 93.2 Å². The first-order chi connectivity index (χ1) is 14.5. The van der Waals surface area contributed by atoms with Crippen LogP contribution in [0.1, 0.15) is 36.6 Å². The Morgan fingerprint density at radius 1 is 0.967 bits per heavy atom. The zero-order valence-corrected chi connectivity index (χ0v) is 18.4. The van der Waals surface area contributed by atoms with Crippen LogP contribution in [0.4, 0.5) is 4.39 Å². The smallest absolute Gasteiger partial charge is 0.180 e. The molecule has 0 fully saturated rings. The maximum Gasteiger partial charge on any atom is 0.180 e. The molecule has 0 spiro atoms. The summed E-state index contributed by atoms with van der Waals surface area (Å²) in [6, 6.07) is 18.4. The van der Waals surface area contributed by atoms with Gasteiger partial charge in [0.05, 0.1) is 16.7 Å². The molecule has 0 aliphatic heterocycles. The molecule has 3 rings (SSSR count). The van der Waals surface area contributed by atoms with Crippen molar-refractivity contribution in [1.82, 2.24) is 5.32 Å². The van der Waals surface area contributed by atoms with Crippen LogP contribution >= 0.6 is 23.2 Å². The quantitative estimate of drug-likeness (QED) is 0.384. The molecule has 0 heterocycles. The van der Waals surface area contributed by atoms with E-state index in [9.17, 15) is 4.39 Å². The standard InChI is InChI=1S/C24H24Cl2FNO2/c1-3-29-23-12-17(14-28-16(2)18-7-5-4-6-8-18)11-22(26)24(23)30-15-19-9-10-20(27)13-21(19)25/h4-13,16,28H,3,14-15H2,1-2H3/t16-/m0/s1. The number of hydrogen-bond acceptors (Lipinski definition) is 3. The SMILES string of the molecule is CCOc1cc(CN[C@@H](C)c2ccccc2)cc(Cl)c1OCc1ccc(F)cc1Cl. The first-order valence-electron chi connectivity index (χ1n) is 9.78. The van der Waals surface area contributed by atoms with Crippen molar-refractivity contribution >= 4 is 23.2 Å². The molecule has 1 N–H and O–H groups in total. The molecule has 0 amide bonds. The third-order valence-corrected chi connectivity index (χ3v) is 5.30. The van der Waals surface area contributed by atoms with Gasteiger partial charge in [0.2, 0.25) is 0 Å². The molecule has 0 radical (unpaired) electrons. The number of nitrogens with one attached hydrogen (secondary N) is 1. The largest absolute Gasteiger partial charge is 0.490 e. The van der Waals surface area contributed by atoms with Gasteiger partial charge in [0, 0.05) is 18.2 Å². The Morgan fingerprint density at radius 3 is 2.43 bits per heavy atom. The molecule has 0 aliphatic rings. The second-order valence-electron chi connectivity index (χ2n) is 6.88. The van der Waals surface area contributed by atoms with Crippen molar-refractivity contribution in [2.45, 2.75) is 33.0 Å². The zero-order chi connectivity index (χ0) is 21.5. The van der Waals surface area contributed by atoms with E-state index in [1.165, 1.54) is 17.7 Å². The summed E-state index contributed by atoms with van der Waals surface area (Å²) in [4.78, 5) is 0. The molecule has 158 valence electrons. The lowest BCUT2D eigenvalue weighted by Crippen LogP contribution is -2.18. The highest BCUT2D eigenvalue weighted by molar-refractivity contribution is 6.32. The van der Waals surface area contributed by atoms with Gasteiger partial charge in [-0.25, -0.2) is 4.39 Å². The summed E-state index contributed by atoms with van der Waals surface area (Å²) in [5.41, 5.74) is 2.86. The number of halogens is 3. The van der Waals surface area contributed by atoms with Crippen LogP contribution in [0, 0.1) is 5.82 Å². The van der Waals surface area contributed by atoms with E-state index >= 15 is 0 Å². The minimum atomic E-state index is -0.390. The summed E-state index contributed by atoms with van der Waals surface area (Å²) in [5.74, 6) is 0.615. The number of benzene rings is 3. The first-order valence-corrected chi connectivity index (χ1v) is 10.5. The minimum absolute atomic E-state index is 0.154.